The number of carbonyl (C=O) groups excluding carboxylic acids is 1. The molecule has 0 aliphatic heterocycles. The van der Waals surface area contributed by atoms with Gasteiger partial charge in [0, 0.05) is 24.5 Å². The summed E-state index contributed by atoms with van der Waals surface area (Å²) < 4.78 is 0. The van der Waals surface area contributed by atoms with Gasteiger partial charge in [0.05, 0.1) is 0 Å². The van der Waals surface area contributed by atoms with E-state index >= 15 is 0 Å². The fourth-order valence-electron chi connectivity index (χ4n) is 2.18. The minimum absolute atomic E-state index is 0.0532. The lowest BCUT2D eigenvalue weighted by Crippen LogP contribution is -2.25. The van der Waals surface area contributed by atoms with Crippen molar-refractivity contribution in [3.8, 4) is 0 Å². The molecule has 0 aromatic carbocycles. The van der Waals surface area contributed by atoms with Crippen LogP contribution in [0.1, 0.15) is 40.0 Å². The van der Waals surface area contributed by atoms with Gasteiger partial charge >= 0.3 is 0 Å². The normalized spacial score (nSPS) is 13.1. The largest absolute Gasteiger partial charge is 0.330 e. The molecule has 0 spiro atoms. The molecule has 0 aliphatic carbocycles. The molecule has 3 N–H and O–H groups in total. The van der Waals surface area contributed by atoms with E-state index in [1.54, 1.807) is 24.5 Å². The summed E-state index contributed by atoms with van der Waals surface area (Å²) >= 11 is 0. The first kappa shape index (κ1) is 15.6. The van der Waals surface area contributed by atoms with Gasteiger partial charge in [-0.2, -0.15) is 0 Å². The lowest BCUT2D eigenvalue weighted by Gasteiger charge is -2.30. The highest BCUT2D eigenvalue weighted by atomic mass is 16.1. The van der Waals surface area contributed by atoms with Gasteiger partial charge in [-0.3, -0.25) is 9.78 Å². The predicted octanol–water partition coefficient (Wildman–Crippen LogP) is 2.81. The summed E-state index contributed by atoms with van der Waals surface area (Å²) in [4.78, 5) is 15.8. The van der Waals surface area contributed by atoms with E-state index < -0.39 is 0 Å². The highest BCUT2D eigenvalue weighted by Crippen LogP contribution is 2.32. The number of amides is 1. The summed E-state index contributed by atoms with van der Waals surface area (Å²) in [5.74, 6) is 0.526. The molecule has 1 heterocycles. The minimum Gasteiger partial charge on any atom is -0.330 e. The van der Waals surface area contributed by atoms with Crippen LogP contribution in [0.3, 0.4) is 0 Å². The van der Waals surface area contributed by atoms with E-state index in [4.69, 9.17) is 5.73 Å². The number of nitrogens with two attached hydrogens (primary N) is 1. The van der Waals surface area contributed by atoms with Crippen molar-refractivity contribution in [1.82, 2.24) is 4.98 Å². The Morgan fingerprint density at radius 3 is 2.47 bits per heavy atom. The molecule has 0 fully saturated rings. The van der Waals surface area contributed by atoms with Gasteiger partial charge in [-0.1, -0.05) is 20.8 Å². The Kier molecular flexibility index (Phi) is 5.96. The topological polar surface area (TPSA) is 68.0 Å². The lowest BCUT2D eigenvalue weighted by molar-refractivity contribution is -0.116. The van der Waals surface area contributed by atoms with E-state index in [-0.39, 0.29) is 11.3 Å². The van der Waals surface area contributed by atoms with Crippen LogP contribution >= 0.6 is 0 Å². The number of nitrogens with zero attached hydrogens (tertiary/aromatic N) is 1. The number of rotatable bonds is 6. The van der Waals surface area contributed by atoms with E-state index in [0.29, 0.717) is 18.9 Å². The second kappa shape index (κ2) is 7.24. The van der Waals surface area contributed by atoms with Gasteiger partial charge in [-0.05, 0) is 42.9 Å². The van der Waals surface area contributed by atoms with Crippen LogP contribution in [-0.2, 0) is 4.79 Å². The van der Waals surface area contributed by atoms with Crippen LogP contribution < -0.4 is 11.1 Å². The third-order valence-corrected chi connectivity index (χ3v) is 3.42. The number of aromatic nitrogens is 1. The molecule has 1 aromatic heterocycles. The van der Waals surface area contributed by atoms with Crippen LogP contribution in [0.4, 0.5) is 5.69 Å². The fourth-order valence-corrected chi connectivity index (χ4v) is 2.18. The van der Waals surface area contributed by atoms with Crippen molar-refractivity contribution in [1.29, 1.82) is 0 Å². The van der Waals surface area contributed by atoms with E-state index in [9.17, 15) is 4.79 Å². The van der Waals surface area contributed by atoms with Gasteiger partial charge < -0.3 is 11.1 Å². The molecule has 0 saturated carbocycles. The zero-order valence-electron chi connectivity index (χ0n) is 12.1. The maximum Gasteiger partial charge on any atom is 0.224 e. The molecule has 4 nitrogen and oxygen atoms in total. The van der Waals surface area contributed by atoms with Crippen LogP contribution in [0.2, 0.25) is 0 Å². The maximum absolute atomic E-state index is 11.9. The Balaban J connectivity index is 2.44. The molecule has 4 heteroatoms. The minimum atomic E-state index is 0.0532. The Morgan fingerprint density at radius 2 is 1.95 bits per heavy atom. The standard InChI is InChI=1S/C15H25N3O/c1-15(2,3)12(6-9-16)4-5-14(19)18-13-7-10-17-11-8-13/h7-8,10-12H,4-6,9,16H2,1-3H3,(H,17,18,19). The first-order valence-electron chi connectivity index (χ1n) is 6.83. The second-order valence-corrected chi connectivity index (χ2v) is 5.96. The summed E-state index contributed by atoms with van der Waals surface area (Å²) in [5.41, 5.74) is 6.64. The predicted molar refractivity (Wildman–Crippen MR) is 78.7 cm³/mol. The van der Waals surface area contributed by atoms with Crippen molar-refractivity contribution < 1.29 is 4.79 Å². The molecule has 0 bridgehead atoms. The number of pyridine rings is 1. The van der Waals surface area contributed by atoms with Gasteiger partial charge in [-0.25, -0.2) is 0 Å². The highest BCUT2D eigenvalue weighted by Gasteiger charge is 2.24. The Labute approximate surface area is 115 Å². The van der Waals surface area contributed by atoms with Crippen LogP contribution in [-0.4, -0.2) is 17.4 Å². The van der Waals surface area contributed by atoms with Gasteiger partial charge in [0.1, 0.15) is 0 Å². The third kappa shape index (κ3) is 5.83. The lowest BCUT2D eigenvalue weighted by atomic mass is 9.76. The molecule has 1 atom stereocenters. The average Bonchev–Trinajstić information content (AvgIpc) is 2.34. The van der Waals surface area contributed by atoms with E-state index in [2.05, 4.69) is 31.1 Å². The summed E-state index contributed by atoms with van der Waals surface area (Å²) in [6.45, 7) is 7.28. The Bertz CT molecular complexity index is 384. The molecule has 1 amide bonds. The van der Waals surface area contributed by atoms with Crippen molar-refractivity contribution in [2.75, 3.05) is 11.9 Å². The zero-order valence-corrected chi connectivity index (χ0v) is 12.1. The van der Waals surface area contributed by atoms with Crippen molar-refractivity contribution in [3.05, 3.63) is 24.5 Å². The van der Waals surface area contributed by atoms with Gasteiger partial charge in [-0.15, -0.1) is 0 Å². The van der Waals surface area contributed by atoms with E-state index in [1.165, 1.54) is 0 Å². The number of anilines is 1. The van der Waals surface area contributed by atoms with E-state index in [1.807, 2.05) is 0 Å². The molecule has 0 saturated heterocycles. The SMILES string of the molecule is CC(C)(C)C(CCN)CCC(=O)Nc1ccncc1. The molecule has 0 radical (unpaired) electrons. The quantitative estimate of drug-likeness (QED) is 0.829. The third-order valence-electron chi connectivity index (χ3n) is 3.42. The summed E-state index contributed by atoms with van der Waals surface area (Å²) in [6, 6.07) is 3.58. The van der Waals surface area contributed by atoms with Gasteiger partial charge in [0.15, 0.2) is 0 Å². The molecular formula is C15H25N3O. The summed E-state index contributed by atoms with van der Waals surface area (Å²) in [6.07, 6.45) is 5.71. The summed E-state index contributed by atoms with van der Waals surface area (Å²) in [7, 11) is 0. The Hall–Kier alpha value is -1.42. The molecule has 1 unspecified atom stereocenters. The van der Waals surface area contributed by atoms with Gasteiger partial charge in [0.2, 0.25) is 5.91 Å². The molecular weight excluding hydrogens is 238 g/mol. The van der Waals surface area contributed by atoms with Crippen molar-refractivity contribution >= 4 is 11.6 Å². The van der Waals surface area contributed by atoms with Crippen molar-refractivity contribution in [2.24, 2.45) is 17.1 Å². The first-order valence-corrected chi connectivity index (χ1v) is 6.83. The molecule has 0 aliphatic rings. The molecule has 1 aromatic rings. The fraction of sp³-hybridized carbons (Fsp3) is 0.600. The number of nitrogens with one attached hydrogen (secondary N) is 1. The van der Waals surface area contributed by atoms with E-state index in [0.717, 1.165) is 18.5 Å². The molecule has 1 rings (SSSR count). The van der Waals surface area contributed by atoms with Crippen LogP contribution in [0.15, 0.2) is 24.5 Å². The monoisotopic (exact) mass is 263 g/mol. The Morgan fingerprint density at radius 1 is 1.32 bits per heavy atom. The summed E-state index contributed by atoms with van der Waals surface area (Å²) in [5, 5.41) is 2.88. The zero-order chi connectivity index (χ0) is 14.3. The van der Waals surface area contributed by atoms with Crippen LogP contribution in [0.5, 0.6) is 0 Å². The molecule has 19 heavy (non-hydrogen) atoms. The highest BCUT2D eigenvalue weighted by molar-refractivity contribution is 5.90. The first-order chi connectivity index (χ1) is 8.93. The number of hydrogen-bond donors (Lipinski definition) is 2. The van der Waals surface area contributed by atoms with Crippen LogP contribution in [0.25, 0.3) is 0 Å². The second-order valence-electron chi connectivity index (χ2n) is 5.96. The maximum atomic E-state index is 11.9. The number of hydrogen-bond acceptors (Lipinski definition) is 3. The van der Waals surface area contributed by atoms with Gasteiger partial charge in [0.25, 0.3) is 0 Å². The smallest absolute Gasteiger partial charge is 0.224 e. The number of carbonyl (C=O) groups is 1. The van der Waals surface area contributed by atoms with Crippen molar-refractivity contribution in [2.45, 2.75) is 40.0 Å². The average molecular weight is 263 g/mol. The van der Waals surface area contributed by atoms with Crippen molar-refractivity contribution in [3.63, 3.8) is 0 Å². The van der Waals surface area contributed by atoms with Crippen LogP contribution in [0, 0.1) is 11.3 Å². The molecule has 106 valence electrons.